The Balaban J connectivity index is 2.09. The van der Waals surface area contributed by atoms with Gasteiger partial charge in [0.1, 0.15) is 0 Å². The molecule has 0 aromatic heterocycles. The molecule has 1 fully saturated rings. The highest BCUT2D eigenvalue weighted by Crippen LogP contribution is 2.15. The van der Waals surface area contributed by atoms with Gasteiger partial charge >= 0.3 is 6.03 Å². The van der Waals surface area contributed by atoms with E-state index in [1.54, 1.807) is 7.05 Å². The predicted molar refractivity (Wildman–Crippen MR) is 64.7 cm³/mol. The number of piperazine rings is 1. The van der Waals surface area contributed by atoms with Crippen LogP contribution < -0.4 is 10.2 Å². The summed E-state index contributed by atoms with van der Waals surface area (Å²) in [5, 5.41) is 2.91. The molecule has 1 unspecified atom stereocenters. The zero-order chi connectivity index (χ0) is 12.3. The van der Waals surface area contributed by atoms with Crippen LogP contribution in [-0.4, -0.2) is 43.9 Å². The van der Waals surface area contributed by atoms with E-state index < -0.39 is 6.30 Å². The Bertz CT molecular complexity index is 385. The molecule has 0 aliphatic carbocycles. The van der Waals surface area contributed by atoms with Gasteiger partial charge in [-0.05, 0) is 12.1 Å². The maximum Gasteiger partial charge on any atom is 0.326 e. The maximum atomic E-state index is 13.6. The Morgan fingerprint density at radius 1 is 1.47 bits per heavy atom. The molecule has 4 nitrogen and oxygen atoms in total. The number of benzene rings is 1. The molecule has 1 aromatic rings. The lowest BCUT2D eigenvalue weighted by Crippen LogP contribution is -2.55. The van der Waals surface area contributed by atoms with E-state index in [4.69, 9.17) is 0 Å². The molecule has 17 heavy (non-hydrogen) atoms. The lowest BCUT2D eigenvalue weighted by atomic mass is 10.3. The van der Waals surface area contributed by atoms with Gasteiger partial charge < -0.3 is 5.32 Å². The van der Waals surface area contributed by atoms with Gasteiger partial charge in [0.15, 0.2) is 6.30 Å². The Hall–Kier alpha value is -1.62. The third kappa shape index (κ3) is 2.55. The molecule has 1 aromatic carbocycles. The fourth-order valence-corrected chi connectivity index (χ4v) is 1.84. The summed E-state index contributed by atoms with van der Waals surface area (Å²) in [6.07, 6.45) is -1.25. The zero-order valence-corrected chi connectivity index (χ0v) is 9.77. The van der Waals surface area contributed by atoms with Crippen LogP contribution in [0.2, 0.25) is 0 Å². The summed E-state index contributed by atoms with van der Waals surface area (Å²) >= 11 is 0. The van der Waals surface area contributed by atoms with Crippen LogP contribution in [0.5, 0.6) is 0 Å². The molecule has 1 heterocycles. The number of hydrogen-bond acceptors (Lipinski definition) is 2. The Morgan fingerprint density at radius 3 is 2.82 bits per heavy atom. The molecule has 2 rings (SSSR count). The number of anilines is 1. The van der Waals surface area contributed by atoms with Crippen molar-refractivity contribution in [2.24, 2.45) is 0 Å². The first-order chi connectivity index (χ1) is 8.20. The lowest BCUT2D eigenvalue weighted by Gasteiger charge is -2.34. The number of amides is 2. The second kappa shape index (κ2) is 5.14. The highest BCUT2D eigenvalue weighted by atomic mass is 19.1. The van der Waals surface area contributed by atoms with Crippen LogP contribution in [0.4, 0.5) is 14.9 Å². The van der Waals surface area contributed by atoms with Crippen LogP contribution in [0.1, 0.15) is 0 Å². The van der Waals surface area contributed by atoms with E-state index in [9.17, 15) is 9.18 Å². The van der Waals surface area contributed by atoms with Crippen LogP contribution in [-0.2, 0) is 0 Å². The van der Waals surface area contributed by atoms with Crippen molar-refractivity contribution in [3.8, 4) is 0 Å². The number of para-hydroxylation sites is 1. The minimum absolute atomic E-state index is 0.203. The lowest BCUT2D eigenvalue weighted by molar-refractivity contribution is 0.0891. The average molecular weight is 237 g/mol. The van der Waals surface area contributed by atoms with E-state index in [2.05, 4.69) is 5.32 Å². The van der Waals surface area contributed by atoms with Crippen LogP contribution in [0.15, 0.2) is 30.3 Å². The number of halogens is 1. The highest BCUT2D eigenvalue weighted by molar-refractivity contribution is 5.91. The molecule has 0 saturated carbocycles. The fraction of sp³-hybridized carbons (Fsp3) is 0.417. The van der Waals surface area contributed by atoms with Crippen molar-refractivity contribution in [3.63, 3.8) is 0 Å². The fourth-order valence-electron chi connectivity index (χ4n) is 1.84. The summed E-state index contributed by atoms with van der Waals surface area (Å²) < 4.78 is 13.6. The Morgan fingerprint density at radius 2 is 2.18 bits per heavy atom. The predicted octanol–water partition coefficient (Wildman–Crippen LogP) is 1.44. The minimum Gasteiger partial charge on any atom is -0.310 e. The summed E-state index contributed by atoms with van der Waals surface area (Å²) in [5.41, 5.74) is 0.767. The van der Waals surface area contributed by atoms with Crippen molar-refractivity contribution in [1.29, 1.82) is 0 Å². The molecule has 1 N–H and O–H groups in total. The van der Waals surface area contributed by atoms with E-state index in [1.165, 1.54) is 9.80 Å². The maximum absolute atomic E-state index is 13.6. The highest BCUT2D eigenvalue weighted by Gasteiger charge is 2.28. The van der Waals surface area contributed by atoms with E-state index in [-0.39, 0.29) is 12.6 Å². The van der Waals surface area contributed by atoms with E-state index in [0.29, 0.717) is 13.1 Å². The van der Waals surface area contributed by atoms with Gasteiger partial charge in [-0.25, -0.2) is 9.18 Å². The van der Waals surface area contributed by atoms with Crippen molar-refractivity contribution < 1.29 is 9.18 Å². The number of alkyl halides is 1. The van der Waals surface area contributed by atoms with E-state index in [1.807, 2.05) is 30.3 Å². The van der Waals surface area contributed by atoms with Crippen molar-refractivity contribution >= 4 is 11.7 Å². The number of urea groups is 1. The zero-order valence-electron chi connectivity index (χ0n) is 9.77. The molecule has 1 aliphatic heterocycles. The summed E-state index contributed by atoms with van der Waals surface area (Å²) in [5.74, 6) is 0. The second-order valence-corrected chi connectivity index (χ2v) is 4.01. The molecule has 0 spiro atoms. The monoisotopic (exact) mass is 237 g/mol. The Labute approximate surface area is 100 Å². The first kappa shape index (κ1) is 11.9. The van der Waals surface area contributed by atoms with Crippen LogP contribution in [0.25, 0.3) is 0 Å². The van der Waals surface area contributed by atoms with Crippen molar-refractivity contribution in [2.45, 2.75) is 6.30 Å². The normalized spacial score (nSPS) is 20.1. The third-order valence-electron chi connectivity index (χ3n) is 2.86. The molecular weight excluding hydrogens is 221 g/mol. The SMILES string of the molecule is CN(C(=O)N1CCNCC1F)c1ccccc1. The van der Waals surface area contributed by atoms with Gasteiger partial charge in [-0.1, -0.05) is 18.2 Å². The van der Waals surface area contributed by atoms with Gasteiger partial charge in [-0.15, -0.1) is 0 Å². The van der Waals surface area contributed by atoms with Crippen molar-refractivity contribution in [1.82, 2.24) is 10.2 Å². The van der Waals surface area contributed by atoms with Crippen molar-refractivity contribution in [3.05, 3.63) is 30.3 Å². The molecular formula is C12H16FN3O. The first-order valence-electron chi connectivity index (χ1n) is 5.64. The van der Waals surface area contributed by atoms with E-state index in [0.717, 1.165) is 5.69 Å². The number of nitrogens with one attached hydrogen (secondary N) is 1. The van der Waals surface area contributed by atoms with Crippen LogP contribution >= 0.6 is 0 Å². The van der Waals surface area contributed by atoms with Crippen LogP contribution in [0, 0.1) is 0 Å². The average Bonchev–Trinajstić information content (AvgIpc) is 2.39. The quantitative estimate of drug-likeness (QED) is 0.750. The molecule has 2 amide bonds. The van der Waals surface area contributed by atoms with Crippen molar-refractivity contribution in [2.75, 3.05) is 31.6 Å². The molecule has 1 atom stereocenters. The van der Waals surface area contributed by atoms with Gasteiger partial charge in [0, 0.05) is 32.4 Å². The summed E-state index contributed by atoms with van der Waals surface area (Å²) in [6.45, 7) is 1.24. The van der Waals surface area contributed by atoms with Gasteiger partial charge in [0.05, 0.1) is 0 Å². The largest absolute Gasteiger partial charge is 0.326 e. The first-order valence-corrected chi connectivity index (χ1v) is 5.64. The van der Waals surface area contributed by atoms with Crippen LogP contribution in [0.3, 0.4) is 0 Å². The number of rotatable bonds is 1. The molecule has 5 heteroatoms. The number of nitrogens with zero attached hydrogens (tertiary/aromatic N) is 2. The van der Waals surface area contributed by atoms with Gasteiger partial charge in [-0.2, -0.15) is 0 Å². The smallest absolute Gasteiger partial charge is 0.310 e. The topological polar surface area (TPSA) is 35.6 Å². The molecule has 0 radical (unpaired) electrons. The van der Waals surface area contributed by atoms with Gasteiger partial charge in [-0.3, -0.25) is 9.80 Å². The molecule has 0 bridgehead atoms. The third-order valence-corrected chi connectivity index (χ3v) is 2.86. The molecule has 1 saturated heterocycles. The second-order valence-electron chi connectivity index (χ2n) is 4.01. The summed E-state index contributed by atoms with van der Waals surface area (Å²) in [7, 11) is 1.66. The molecule has 1 aliphatic rings. The van der Waals surface area contributed by atoms with Gasteiger partial charge in [0.25, 0.3) is 0 Å². The van der Waals surface area contributed by atoms with Gasteiger partial charge in [0.2, 0.25) is 0 Å². The number of carbonyl (C=O) groups excluding carboxylic acids is 1. The molecule has 92 valence electrons. The summed E-state index contributed by atoms with van der Waals surface area (Å²) in [6, 6.07) is 8.93. The minimum atomic E-state index is -1.25. The number of carbonyl (C=O) groups is 1. The number of hydrogen-bond donors (Lipinski definition) is 1. The standard InChI is InChI=1S/C12H16FN3O/c1-15(10-5-3-2-4-6-10)12(17)16-8-7-14-9-11(16)13/h2-6,11,14H,7-9H2,1H3. The summed E-state index contributed by atoms with van der Waals surface area (Å²) in [4.78, 5) is 14.8. The van der Waals surface area contributed by atoms with E-state index >= 15 is 0 Å². The Kier molecular flexibility index (Phi) is 3.58.